The summed E-state index contributed by atoms with van der Waals surface area (Å²) in [5.74, 6) is 1.33. The normalized spacial score (nSPS) is 17.0. The first-order valence-corrected chi connectivity index (χ1v) is 11.5. The molecule has 1 saturated carbocycles. The molecule has 2 heterocycles. The maximum atomic E-state index is 12.9. The summed E-state index contributed by atoms with van der Waals surface area (Å²) in [4.78, 5) is 21.0. The fraction of sp³-hybridized carbons (Fsp3) is 0.500. The standard InChI is InChI=1S/C24H30BrN3O/c1-14(24(2,3)4)27-22-17-11-10-16(25)12-18(17)20-21(28-22)19(13-26-23(20)29)15-8-6-5-7-9-15/h10-15H,5-9H2,1-4H3,(H,26,29)(H,27,28). The van der Waals surface area contributed by atoms with Gasteiger partial charge in [0.1, 0.15) is 5.82 Å². The lowest BCUT2D eigenvalue weighted by Gasteiger charge is -2.29. The average Bonchev–Trinajstić information content (AvgIpc) is 2.67. The van der Waals surface area contributed by atoms with Crippen molar-refractivity contribution in [2.45, 2.75) is 71.8 Å². The van der Waals surface area contributed by atoms with Crippen molar-refractivity contribution in [3.05, 3.63) is 44.8 Å². The Morgan fingerprint density at radius 1 is 1.17 bits per heavy atom. The number of hydrogen-bond donors (Lipinski definition) is 2. The summed E-state index contributed by atoms with van der Waals surface area (Å²) in [6.45, 7) is 8.87. The Kier molecular flexibility index (Phi) is 5.45. The van der Waals surface area contributed by atoms with Crippen LogP contribution in [0.15, 0.2) is 33.7 Å². The summed E-state index contributed by atoms with van der Waals surface area (Å²) in [7, 11) is 0. The summed E-state index contributed by atoms with van der Waals surface area (Å²) in [6.07, 6.45) is 8.04. The van der Waals surface area contributed by atoms with Crippen molar-refractivity contribution in [2.75, 3.05) is 5.32 Å². The smallest absolute Gasteiger partial charge is 0.258 e. The summed E-state index contributed by atoms with van der Waals surface area (Å²) in [6, 6.07) is 6.35. The van der Waals surface area contributed by atoms with Crippen molar-refractivity contribution >= 4 is 43.4 Å². The Morgan fingerprint density at radius 3 is 2.59 bits per heavy atom. The van der Waals surface area contributed by atoms with Gasteiger partial charge in [-0.05, 0) is 54.9 Å². The van der Waals surface area contributed by atoms with Crippen LogP contribution in [0, 0.1) is 5.41 Å². The maximum absolute atomic E-state index is 12.9. The molecular formula is C24H30BrN3O. The highest BCUT2D eigenvalue weighted by atomic mass is 79.9. The van der Waals surface area contributed by atoms with Gasteiger partial charge in [-0.3, -0.25) is 4.79 Å². The molecule has 0 spiro atoms. The predicted octanol–water partition coefficient (Wildman–Crippen LogP) is 6.73. The molecule has 154 valence electrons. The van der Waals surface area contributed by atoms with Crippen molar-refractivity contribution in [1.29, 1.82) is 0 Å². The highest BCUT2D eigenvalue weighted by Gasteiger charge is 2.24. The number of hydrogen-bond acceptors (Lipinski definition) is 3. The van der Waals surface area contributed by atoms with Gasteiger partial charge in [0.2, 0.25) is 0 Å². The molecule has 0 amide bonds. The van der Waals surface area contributed by atoms with Gasteiger partial charge in [-0.15, -0.1) is 0 Å². The quantitative estimate of drug-likeness (QED) is 0.430. The third-order valence-corrected chi connectivity index (χ3v) is 7.02. The van der Waals surface area contributed by atoms with E-state index in [1.54, 1.807) is 0 Å². The Labute approximate surface area is 180 Å². The van der Waals surface area contributed by atoms with E-state index in [2.05, 4.69) is 60.0 Å². The van der Waals surface area contributed by atoms with Crippen LogP contribution < -0.4 is 10.9 Å². The molecule has 4 nitrogen and oxygen atoms in total. The van der Waals surface area contributed by atoms with E-state index >= 15 is 0 Å². The number of nitrogens with zero attached hydrogens (tertiary/aromatic N) is 1. The van der Waals surface area contributed by atoms with E-state index in [4.69, 9.17) is 4.98 Å². The van der Waals surface area contributed by atoms with Crippen LogP contribution in [0.25, 0.3) is 21.7 Å². The minimum absolute atomic E-state index is 0.0643. The van der Waals surface area contributed by atoms with Crippen LogP contribution in [-0.2, 0) is 0 Å². The minimum Gasteiger partial charge on any atom is -0.367 e. The van der Waals surface area contributed by atoms with E-state index in [1.165, 1.54) is 37.7 Å². The summed E-state index contributed by atoms with van der Waals surface area (Å²) in [5, 5.41) is 6.29. The molecule has 1 fully saturated rings. The first-order chi connectivity index (χ1) is 13.8. The summed E-state index contributed by atoms with van der Waals surface area (Å²) < 4.78 is 0.967. The van der Waals surface area contributed by atoms with Gasteiger partial charge in [0.15, 0.2) is 0 Å². The number of pyridine rings is 2. The van der Waals surface area contributed by atoms with E-state index in [9.17, 15) is 4.79 Å². The van der Waals surface area contributed by atoms with E-state index in [-0.39, 0.29) is 17.0 Å². The molecule has 1 aliphatic rings. The number of anilines is 1. The fourth-order valence-electron chi connectivity index (χ4n) is 4.26. The highest BCUT2D eigenvalue weighted by Crippen LogP contribution is 2.38. The van der Waals surface area contributed by atoms with Crippen LogP contribution >= 0.6 is 15.9 Å². The molecule has 5 heteroatoms. The number of rotatable bonds is 3. The van der Waals surface area contributed by atoms with E-state index in [0.717, 1.165) is 26.6 Å². The summed E-state index contributed by atoms with van der Waals surface area (Å²) in [5.41, 5.74) is 2.08. The van der Waals surface area contributed by atoms with Crippen molar-refractivity contribution in [3.8, 4) is 0 Å². The van der Waals surface area contributed by atoms with Crippen LogP contribution in [0.1, 0.15) is 71.3 Å². The van der Waals surface area contributed by atoms with Gasteiger partial charge in [0, 0.05) is 27.5 Å². The van der Waals surface area contributed by atoms with E-state index in [0.29, 0.717) is 11.3 Å². The van der Waals surface area contributed by atoms with E-state index < -0.39 is 0 Å². The molecule has 1 aliphatic carbocycles. The number of aromatic nitrogens is 2. The molecule has 2 N–H and O–H groups in total. The number of H-pyrrole nitrogens is 1. The number of halogens is 1. The van der Waals surface area contributed by atoms with Crippen LogP contribution in [0.5, 0.6) is 0 Å². The lowest BCUT2D eigenvalue weighted by Crippen LogP contribution is -2.31. The molecule has 0 radical (unpaired) electrons. The third-order valence-electron chi connectivity index (χ3n) is 6.52. The SMILES string of the molecule is CC(Nc1nc2c(C3CCCCC3)c[nH]c(=O)c2c2cc(Br)ccc12)C(C)(C)C. The van der Waals surface area contributed by atoms with Crippen molar-refractivity contribution in [2.24, 2.45) is 5.41 Å². The zero-order valence-electron chi connectivity index (χ0n) is 17.7. The topological polar surface area (TPSA) is 57.8 Å². The summed E-state index contributed by atoms with van der Waals surface area (Å²) >= 11 is 3.59. The van der Waals surface area contributed by atoms with E-state index in [1.807, 2.05) is 18.3 Å². The first kappa shape index (κ1) is 20.4. The fourth-order valence-corrected chi connectivity index (χ4v) is 4.63. The van der Waals surface area contributed by atoms with Gasteiger partial charge in [-0.2, -0.15) is 0 Å². The largest absolute Gasteiger partial charge is 0.367 e. The molecular weight excluding hydrogens is 426 g/mol. The van der Waals surface area contributed by atoms with Gasteiger partial charge in [0.25, 0.3) is 5.56 Å². The molecule has 3 aromatic rings. The molecule has 1 aromatic carbocycles. The van der Waals surface area contributed by atoms with Gasteiger partial charge in [0.05, 0.1) is 10.9 Å². The zero-order chi connectivity index (χ0) is 20.8. The number of benzene rings is 1. The monoisotopic (exact) mass is 455 g/mol. The van der Waals surface area contributed by atoms with Gasteiger partial charge < -0.3 is 10.3 Å². The maximum Gasteiger partial charge on any atom is 0.258 e. The molecule has 29 heavy (non-hydrogen) atoms. The Balaban J connectivity index is 2.00. The lowest BCUT2D eigenvalue weighted by molar-refractivity contribution is 0.359. The Bertz CT molecular complexity index is 1110. The molecule has 0 saturated heterocycles. The number of fused-ring (bicyclic) bond motifs is 3. The van der Waals surface area contributed by atoms with Crippen LogP contribution in [0.4, 0.5) is 5.82 Å². The highest BCUT2D eigenvalue weighted by molar-refractivity contribution is 9.10. The second-order valence-corrected chi connectivity index (χ2v) is 10.4. The first-order valence-electron chi connectivity index (χ1n) is 10.7. The van der Waals surface area contributed by atoms with Crippen molar-refractivity contribution < 1.29 is 0 Å². The molecule has 2 aromatic heterocycles. The molecule has 0 aliphatic heterocycles. The average molecular weight is 456 g/mol. The van der Waals surface area contributed by atoms with Gasteiger partial charge >= 0.3 is 0 Å². The Hall–Kier alpha value is -1.88. The van der Waals surface area contributed by atoms with Crippen LogP contribution in [0.2, 0.25) is 0 Å². The van der Waals surface area contributed by atoms with Gasteiger partial charge in [-0.25, -0.2) is 4.98 Å². The number of nitrogens with one attached hydrogen (secondary N) is 2. The second-order valence-electron chi connectivity index (χ2n) is 9.51. The van der Waals surface area contributed by atoms with Crippen molar-refractivity contribution in [1.82, 2.24) is 9.97 Å². The molecule has 4 rings (SSSR count). The number of aromatic amines is 1. The molecule has 0 bridgehead atoms. The van der Waals surface area contributed by atoms with Crippen LogP contribution in [-0.4, -0.2) is 16.0 Å². The molecule has 1 unspecified atom stereocenters. The second kappa shape index (κ2) is 7.75. The lowest BCUT2D eigenvalue weighted by atomic mass is 9.83. The van der Waals surface area contributed by atoms with Crippen LogP contribution in [0.3, 0.4) is 0 Å². The Morgan fingerprint density at radius 2 is 1.90 bits per heavy atom. The zero-order valence-corrected chi connectivity index (χ0v) is 19.3. The van der Waals surface area contributed by atoms with Crippen molar-refractivity contribution in [3.63, 3.8) is 0 Å². The minimum atomic E-state index is -0.0643. The predicted molar refractivity (Wildman–Crippen MR) is 126 cm³/mol. The molecule has 1 atom stereocenters. The van der Waals surface area contributed by atoms with Gasteiger partial charge in [-0.1, -0.05) is 56.0 Å². The third kappa shape index (κ3) is 3.94.